The average Bonchev–Trinajstić information content (AvgIpc) is 2.00. The number of hydrogen-bond acceptors (Lipinski definition) is 4. The van der Waals surface area contributed by atoms with Crippen LogP contribution in [0.5, 0.6) is 17.2 Å². The fourth-order valence-corrected chi connectivity index (χ4v) is 0.768. The van der Waals surface area contributed by atoms with Crippen LogP contribution in [0.3, 0.4) is 0 Å². The second kappa shape index (κ2) is 2.61. The highest BCUT2D eigenvalue weighted by Gasteiger charge is 2.13. The first-order valence-corrected chi connectivity index (χ1v) is 3.07. The number of benzene rings is 1. The molecular formula is C7H7NO4. The topological polar surface area (TPSA) is 104 Å². The fourth-order valence-electron chi connectivity index (χ4n) is 0.768. The SMILES string of the molecule is NC(=O)c1ccc(O)c(O)c1O. The first kappa shape index (κ1) is 8.19. The third-order valence-electron chi connectivity index (χ3n) is 1.40. The summed E-state index contributed by atoms with van der Waals surface area (Å²) in [7, 11) is 0. The molecule has 0 aromatic heterocycles. The minimum Gasteiger partial charge on any atom is -0.504 e. The average molecular weight is 169 g/mol. The van der Waals surface area contributed by atoms with E-state index in [1.807, 2.05) is 0 Å². The van der Waals surface area contributed by atoms with Gasteiger partial charge in [-0.15, -0.1) is 0 Å². The van der Waals surface area contributed by atoms with Crippen molar-refractivity contribution in [2.75, 3.05) is 0 Å². The van der Waals surface area contributed by atoms with E-state index in [4.69, 9.17) is 21.1 Å². The molecule has 0 spiro atoms. The molecule has 0 fully saturated rings. The van der Waals surface area contributed by atoms with E-state index in [1.165, 1.54) is 0 Å². The molecule has 0 radical (unpaired) electrons. The van der Waals surface area contributed by atoms with Gasteiger partial charge in [0.25, 0.3) is 5.91 Å². The van der Waals surface area contributed by atoms with Crippen molar-refractivity contribution >= 4 is 5.91 Å². The summed E-state index contributed by atoms with van der Waals surface area (Å²) < 4.78 is 0. The zero-order valence-corrected chi connectivity index (χ0v) is 5.98. The highest BCUT2D eigenvalue weighted by atomic mass is 16.3. The van der Waals surface area contributed by atoms with Gasteiger partial charge in [-0.2, -0.15) is 0 Å². The maximum atomic E-state index is 10.6. The second-order valence-electron chi connectivity index (χ2n) is 2.19. The normalized spacial score (nSPS) is 9.67. The van der Waals surface area contributed by atoms with Crippen molar-refractivity contribution in [2.45, 2.75) is 0 Å². The molecule has 0 heterocycles. The van der Waals surface area contributed by atoms with Crippen LogP contribution in [0.4, 0.5) is 0 Å². The van der Waals surface area contributed by atoms with Crippen LogP contribution in [0.25, 0.3) is 0 Å². The molecule has 0 aliphatic rings. The Balaban J connectivity index is 3.36. The zero-order chi connectivity index (χ0) is 9.30. The maximum absolute atomic E-state index is 10.6. The highest BCUT2D eigenvalue weighted by Crippen LogP contribution is 2.36. The molecule has 5 heteroatoms. The van der Waals surface area contributed by atoms with E-state index in [2.05, 4.69) is 0 Å². The van der Waals surface area contributed by atoms with Crippen molar-refractivity contribution in [3.8, 4) is 17.2 Å². The quantitative estimate of drug-likeness (QED) is 0.441. The van der Waals surface area contributed by atoms with Crippen LogP contribution in [-0.4, -0.2) is 21.2 Å². The van der Waals surface area contributed by atoms with Crippen molar-refractivity contribution in [3.63, 3.8) is 0 Å². The molecule has 0 atom stereocenters. The second-order valence-corrected chi connectivity index (χ2v) is 2.19. The Morgan fingerprint density at radius 1 is 1.17 bits per heavy atom. The summed E-state index contributed by atoms with van der Waals surface area (Å²) in [6.45, 7) is 0. The fraction of sp³-hybridized carbons (Fsp3) is 0. The zero-order valence-electron chi connectivity index (χ0n) is 5.98. The molecule has 0 saturated carbocycles. The first-order valence-electron chi connectivity index (χ1n) is 3.07. The standard InChI is InChI=1S/C7H7NO4/c8-7(12)3-1-2-4(9)6(11)5(3)10/h1-2,9-11H,(H2,8,12). The van der Waals surface area contributed by atoms with Gasteiger partial charge in [-0.25, -0.2) is 0 Å². The molecule has 0 saturated heterocycles. The van der Waals surface area contributed by atoms with E-state index in [-0.39, 0.29) is 5.56 Å². The van der Waals surface area contributed by atoms with E-state index in [0.29, 0.717) is 0 Å². The number of amides is 1. The van der Waals surface area contributed by atoms with Crippen molar-refractivity contribution in [3.05, 3.63) is 17.7 Å². The van der Waals surface area contributed by atoms with Crippen LogP contribution in [0.1, 0.15) is 10.4 Å². The van der Waals surface area contributed by atoms with Crippen LogP contribution in [0.15, 0.2) is 12.1 Å². The minimum absolute atomic E-state index is 0.231. The van der Waals surface area contributed by atoms with Gasteiger partial charge in [0.2, 0.25) is 5.75 Å². The Bertz CT molecular complexity index is 334. The number of phenolic OH excluding ortho intramolecular Hbond substituents is 2. The maximum Gasteiger partial charge on any atom is 0.252 e. The molecule has 1 rings (SSSR count). The number of carbonyl (C=O) groups excluding carboxylic acids is 1. The Morgan fingerprint density at radius 3 is 2.25 bits per heavy atom. The summed E-state index contributed by atoms with van der Waals surface area (Å²) in [5.41, 5.74) is 4.61. The predicted octanol–water partition coefficient (Wildman–Crippen LogP) is -0.0977. The number of nitrogens with two attached hydrogens (primary N) is 1. The Hall–Kier alpha value is -1.91. The smallest absolute Gasteiger partial charge is 0.252 e. The van der Waals surface area contributed by atoms with Gasteiger partial charge in [-0.1, -0.05) is 0 Å². The Morgan fingerprint density at radius 2 is 1.75 bits per heavy atom. The summed E-state index contributed by atoms with van der Waals surface area (Å²) in [5, 5.41) is 26.8. The van der Waals surface area contributed by atoms with Crippen molar-refractivity contribution in [2.24, 2.45) is 5.73 Å². The van der Waals surface area contributed by atoms with E-state index >= 15 is 0 Å². The monoisotopic (exact) mass is 169 g/mol. The van der Waals surface area contributed by atoms with Gasteiger partial charge in [0.15, 0.2) is 11.5 Å². The lowest BCUT2D eigenvalue weighted by Crippen LogP contribution is -2.10. The number of aromatic hydroxyl groups is 3. The van der Waals surface area contributed by atoms with Crippen LogP contribution in [0.2, 0.25) is 0 Å². The number of primary amides is 1. The largest absolute Gasteiger partial charge is 0.504 e. The lowest BCUT2D eigenvalue weighted by Gasteiger charge is -2.03. The molecule has 5 N–H and O–H groups in total. The molecule has 0 unspecified atom stereocenters. The Kier molecular flexibility index (Phi) is 1.78. The molecule has 64 valence electrons. The van der Waals surface area contributed by atoms with Crippen LogP contribution < -0.4 is 5.73 Å². The van der Waals surface area contributed by atoms with E-state index < -0.39 is 23.2 Å². The lowest BCUT2D eigenvalue weighted by molar-refractivity contribution is 0.0997. The predicted molar refractivity (Wildman–Crippen MR) is 40.0 cm³/mol. The van der Waals surface area contributed by atoms with Gasteiger partial charge in [-0.05, 0) is 12.1 Å². The van der Waals surface area contributed by atoms with Crippen molar-refractivity contribution < 1.29 is 20.1 Å². The molecule has 5 nitrogen and oxygen atoms in total. The van der Waals surface area contributed by atoms with Crippen molar-refractivity contribution in [1.29, 1.82) is 0 Å². The number of rotatable bonds is 1. The van der Waals surface area contributed by atoms with Gasteiger partial charge >= 0.3 is 0 Å². The molecule has 1 amide bonds. The van der Waals surface area contributed by atoms with E-state index in [1.54, 1.807) is 0 Å². The van der Waals surface area contributed by atoms with Gasteiger partial charge in [0, 0.05) is 0 Å². The minimum atomic E-state index is -0.872. The number of phenols is 3. The van der Waals surface area contributed by atoms with Gasteiger partial charge in [0.05, 0.1) is 5.56 Å². The lowest BCUT2D eigenvalue weighted by atomic mass is 10.1. The summed E-state index contributed by atoms with van der Waals surface area (Å²) in [6, 6.07) is 2.18. The van der Waals surface area contributed by atoms with Gasteiger partial charge in [-0.3, -0.25) is 4.79 Å². The van der Waals surface area contributed by atoms with E-state index in [9.17, 15) is 4.79 Å². The highest BCUT2D eigenvalue weighted by molar-refractivity contribution is 5.96. The van der Waals surface area contributed by atoms with Gasteiger partial charge < -0.3 is 21.1 Å². The molecule has 12 heavy (non-hydrogen) atoms. The first-order chi connectivity index (χ1) is 5.54. The summed E-state index contributed by atoms with van der Waals surface area (Å²) >= 11 is 0. The van der Waals surface area contributed by atoms with Crippen LogP contribution in [0, 0.1) is 0 Å². The third kappa shape index (κ3) is 1.12. The van der Waals surface area contributed by atoms with Gasteiger partial charge in [0.1, 0.15) is 0 Å². The van der Waals surface area contributed by atoms with Crippen molar-refractivity contribution in [1.82, 2.24) is 0 Å². The Labute approximate surface area is 67.7 Å². The molecule has 0 aliphatic carbocycles. The van der Waals surface area contributed by atoms with Crippen LogP contribution in [-0.2, 0) is 0 Å². The summed E-state index contributed by atoms with van der Waals surface area (Å²) in [5.74, 6) is -2.82. The third-order valence-corrected chi connectivity index (χ3v) is 1.40. The number of carbonyl (C=O) groups is 1. The van der Waals surface area contributed by atoms with E-state index in [0.717, 1.165) is 12.1 Å². The summed E-state index contributed by atoms with van der Waals surface area (Å²) in [4.78, 5) is 10.6. The molecular weight excluding hydrogens is 162 g/mol. The molecule has 1 aromatic carbocycles. The summed E-state index contributed by atoms with van der Waals surface area (Å²) in [6.07, 6.45) is 0. The number of hydrogen-bond donors (Lipinski definition) is 4. The van der Waals surface area contributed by atoms with Crippen LogP contribution >= 0.6 is 0 Å². The molecule has 0 bridgehead atoms. The molecule has 0 aliphatic heterocycles. The molecule has 1 aromatic rings.